The fourth-order valence-corrected chi connectivity index (χ4v) is 4.33. The van der Waals surface area contributed by atoms with Crippen molar-refractivity contribution < 1.29 is 4.79 Å². The minimum Gasteiger partial charge on any atom is -0.366 e. The molecule has 0 aliphatic heterocycles. The second-order valence-electron chi connectivity index (χ2n) is 8.01. The molecule has 3 aromatic rings. The van der Waals surface area contributed by atoms with Crippen molar-refractivity contribution in [1.82, 2.24) is 4.57 Å². The first kappa shape index (κ1) is 20.9. The molecule has 1 aromatic heterocycles. The number of hydrogen-bond acceptors (Lipinski definition) is 1. The number of carbonyl (C=O) groups is 1. The van der Waals surface area contributed by atoms with Gasteiger partial charge in [0.05, 0.1) is 5.56 Å². The maximum Gasteiger partial charge on any atom is 0.251 e. The molecule has 0 bridgehead atoms. The number of carbonyl (C=O) groups excluding carboxylic acids is 1. The molecule has 3 rings (SSSR count). The third kappa shape index (κ3) is 4.29. The highest BCUT2D eigenvalue weighted by Gasteiger charge is 2.25. The van der Waals surface area contributed by atoms with Crippen LogP contribution >= 0.6 is 0 Å². The van der Waals surface area contributed by atoms with Crippen molar-refractivity contribution in [2.24, 2.45) is 5.73 Å². The van der Waals surface area contributed by atoms with Crippen LogP contribution in [0.3, 0.4) is 0 Å². The number of hydrogen-bond donors (Lipinski definition) is 1. The standard InChI is InChI=1S/C26H32N2O/c1-5-6-8-13-23-25(24(26(27)29)19(4)28(23)18(2)3)22-16-14-21(15-17-22)20-11-9-7-10-12-20/h7,9-12,14-18H,5-6,8,13H2,1-4H3,(H2,27,29). The summed E-state index contributed by atoms with van der Waals surface area (Å²) in [6.07, 6.45) is 4.42. The van der Waals surface area contributed by atoms with Crippen molar-refractivity contribution in [2.45, 2.75) is 59.4 Å². The van der Waals surface area contributed by atoms with E-state index < -0.39 is 0 Å². The summed E-state index contributed by atoms with van der Waals surface area (Å²) in [5, 5.41) is 0. The van der Waals surface area contributed by atoms with E-state index >= 15 is 0 Å². The van der Waals surface area contributed by atoms with E-state index in [0.29, 0.717) is 5.56 Å². The summed E-state index contributed by atoms with van der Waals surface area (Å²) >= 11 is 0. The van der Waals surface area contributed by atoms with Crippen LogP contribution in [0.15, 0.2) is 54.6 Å². The highest BCUT2D eigenvalue weighted by Crippen LogP contribution is 2.36. The van der Waals surface area contributed by atoms with Crippen molar-refractivity contribution in [2.75, 3.05) is 0 Å². The Balaban J connectivity index is 2.13. The summed E-state index contributed by atoms with van der Waals surface area (Å²) < 4.78 is 2.30. The number of rotatable bonds is 8. The molecule has 3 heteroatoms. The fourth-order valence-electron chi connectivity index (χ4n) is 4.33. The zero-order valence-corrected chi connectivity index (χ0v) is 18.0. The van der Waals surface area contributed by atoms with E-state index in [4.69, 9.17) is 5.73 Å². The van der Waals surface area contributed by atoms with E-state index in [2.05, 4.69) is 61.7 Å². The average molecular weight is 389 g/mol. The van der Waals surface area contributed by atoms with Crippen LogP contribution in [0.5, 0.6) is 0 Å². The topological polar surface area (TPSA) is 48.0 Å². The third-order valence-electron chi connectivity index (χ3n) is 5.61. The molecule has 1 heterocycles. The number of benzene rings is 2. The van der Waals surface area contributed by atoms with Gasteiger partial charge in [0.25, 0.3) is 5.91 Å². The first-order valence-corrected chi connectivity index (χ1v) is 10.6. The van der Waals surface area contributed by atoms with E-state index in [9.17, 15) is 4.79 Å². The largest absolute Gasteiger partial charge is 0.366 e. The Kier molecular flexibility index (Phi) is 6.58. The van der Waals surface area contributed by atoms with Gasteiger partial charge in [0.2, 0.25) is 0 Å². The molecule has 0 fully saturated rings. The molecule has 1 amide bonds. The first-order chi connectivity index (χ1) is 14.0. The SMILES string of the molecule is CCCCCc1c(-c2ccc(-c3ccccc3)cc2)c(C(N)=O)c(C)n1C(C)C. The highest BCUT2D eigenvalue weighted by molar-refractivity contribution is 6.02. The maximum atomic E-state index is 12.4. The summed E-state index contributed by atoms with van der Waals surface area (Å²) in [4.78, 5) is 12.4. The molecule has 0 saturated heterocycles. The molecular weight excluding hydrogens is 356 g/mol. The van der Waals surface area contributed by atoms with Crippen molar-refractivity contribution in [1.29, 1.82) is 0 Å². The van der Waals surface area contributed by atoms with Gasteiger partial charge in [-0.05, 0) is 50.3 Å². The quantitative estimate of drug-likeness (QED) is 0.437. The number of aromatic nitrogens is 1. The van der Waals surface area contributed by atoms with Crippen LogP contribution in [0.2, 0.25) is 0 Å². The van der Waals surface area contributed by atoms with Crippen molar-refractivity contribution >= 4 is 5.91 Å². The summed E-state index contributed by atoms with van der Waals surface area (Å²) in [5.41, 5.74) is 13.2. The Morgan fingerprint density at radius 1 is 0.931 bits per heavy atom. The normalized spacial score (nSPS) is 11.2. The predicted molar refractivity (Wildman–Crippen MR) is 122 cm³/mol. The van der Waals surface area contributed by atoms with E-state index in [1.165, 1.54) is 29.7 Å². The molecular formula is C26H32N2O. The van der Waals surface area contributed by atoms with Gasteiger partial charge in [-0.25, -0.2) is 0 Å². The molecule has 3 nitrogen and oxygen atoms in total. The predicted octanol–water partition coefficient (Wildman–Crippen LogP) is 6.54. The van der Waals surface area contributed by atoms with E-state index in [0.717, 1.165) is 29.7 Å². The Hall–Kier alpha value is -2.81. The fraction of sp³-hybridized carbons (Fsp3) is 0.346. The zero-order valence-electron chi connectivity index (χ0n) is 18.0. The molecule has 0 spiro atoms. The van der Waals surface area contributed by atoms with Crippen LogP contribution in [-0.4, -0.2) is 10.5 Å². The number of nitrogens with zero attached hydrogens (tertiary/aromatic N) is 1. The van der Waals surface area contributed by atoms with Crippen LogP contribution in [0.25, 0.3) is 22.3 Å². The second kappa shape index (κ2) is 9.13. The lowest BCUT2D eigenvalue weighted by atomic mass is 9.95. The number of primary amides is 1. The van der Waals surface area contributed by atoms with Gasteiger partial charge in [0.15, 0.2) is 0 Å². The Bertz CT molecular complexity index is 966. The van der Waals surface area contributed by atoms with Crippen LogP contribution in [-0.2, 0) is 6.42 Å². The van der Waals surface area contributed by atoms with Crippen LogP contribution in [0.1, 0.15) is 67.8 Å². The summed E-state index contributed by atoms with van der Waals surface area (Å²) in [6, 6.07) is 19.1. The van der Waals surface area contributed by atoms with Crippen LogP contribution in [0, 0.1) is 6.92 Å². The van der Waals surface area contributed by atoms with Crippen molar-refractivity contribution in [3.8, 4) is 22.3 Å². The molecule has 0 aliphatic rings. The van der Waals surface area contributed by atoms with Crippen LogP contribution in [0.4, 0.5) is 0 Å². The lowest BCUT2D eigenvalue weighted by Crippen LogP contribution is -2.14. The molecule has 0 radical (unpaired) electrons. The lowest BCUT2D eigenvalue weighted by molar-refractivity contribution is 0.1000. The van der Waals surface area contributed by atoms with Gasteiger partial charge < -0.3 is 10.3 Å². The second-order valence-corrected chi connectivity index (χ2v) is 8.01. The van der Waals surface area contributed by atoms with Crippen molar-refractivity contribution in [3.63, 3.8) is 0 Å². The molecule has 0 unspecified atom stereocenters. The monoisotopic (exact) mass is 388 g/mol. The molecule has 2 N–H and O–H groups in total. The van der Waals surface area contributed by atoms with E-state index in [1.807, 2.05) is 25.1 Å². The van der Waals surface area contributed by atoms with E-state index in [-0.39, 0.29) is 11.9 Å². The number of amides is 1. The van der Waals surface area contributed by atoms with E-state index in [1.54, 1.807) is 0 Å². The van der Waals surface area contributed by atoms with Gasteiger partial charge in [-0.15, -0.1) is 0 Å². The third-order valence-corrected chi connectivity index (χ3v) is 5.61. The highest BCUT2D eigenvalue weighted by atomic mass is 16.1. The van der Waals surface area contributed by atoms with Gasteiger partial charge in [-0.1, -0.05) is 74.4 Å². The van der Waals surface area contributed by atoms with Crippen LogP contribution < -0.4 is 5.73 Å². The minimum atomic E-state index is -0.347. The van der Waals surface area contributed by atoms with Crippen molar-refractivity contribution in [3.05, 3.63) is 71.5 Å². The van der Waals surface area contributed by atoms with Gasteiger partial charge >= 0.3 is 0 Å². The Morgan fingerprint density at radius 3 is 2.07 bits per heavy atom. The van der Waals surface area contributed by atoms with Gasteiger partial charge in [-0.3, -0.25) is 4.79 Å². The Morgan fingerprint density at radius 2 is 1.52 bits per heavy atom. The maximum absolute atomic E-state index is 12.4. The van der Waals surface area contributed by atoms with Gasteiger partial charge in [-0.2, -0.15) is 0 Å². The number of nitrogens with two attached hydrogens (primary N) is 1. The van der Waals surface area contributed by atoms with Gasteiger partial charge in [0, 0.05) is 23.0 Å². The molecule has 0 atom stereocenters. The lowest BCUT2D eigenvalue weighted by Gasteiger charge is -2.17. The zero-order chi connectivity index (χ0) is 21.0. The summed E-state index contributed by atoms with van der Waals surface area (Å²) in [7, 11) is 0. The summed E-state index contributed by atoms with van der Waals surface area (Å²) in [5.74, 6) is -0.347. The molecule has 29 heavy (non-hydrogen) atoms. The first-order valence-electron chi connectivity index (χ1n) is 10.6. The Labute approximate surface area is 174 Å². The molecule has 0 saturated carbocycles. The molecule has 2 aromatic carbocycles. The van der Waals surface area contributed by atoms with Gasteiger partial charge in [0.1, 0.15) is 0 Å². The molecule has 0 aliphatic carbocycles. The number of unbranched alkanes of at least 4 members (excludes halogenated alkanes) is 2. The smallest absolute Gasteiger partial charge is 0.251 e. The average Bonchev–Trinajstić information content (AvgIpc) is 3.01. The minimum absolute atomic E-state index is 0.280. The molecule has 152 valence electrons. The summed E-state index contributed by atoms with van der Waals surface area (Å²) in [6.45, 7) is 8.57.